The maximum absolute atomic E-state index is 12.9. The second-order valence-electron chi connectivity index (χ2n) is 2.59. The summed E-state index contributed by atoms with van der Waals surface area (Å²) in [5.41, 5.74) is 5.99. The Morgan fingerprint density at radius 3 is 2.62 bits per heavy atom. The number of nitrogens with two attached hydrogens (primary N) is 1. The van der Waals surface area contributed by atoms with Gasteiger partial charge in [-0.2, -0.15) is 0 Å². The summed E-state index contributed by atoms with van der Waals surface area (Å²) in [5.74, 6) is -0.608. The predicted molar refractivity (Wildman–Crippen MR) is 51.8 cm³/mol. The Morgan fingerprint density at radius 2 is 2.15 bits per heavy atom. The summed E-state index contributed by atoms with van der Waals surface area (Å²) < 4.78 is 12.9. The van der Waals surface area contributed by atoms with Crippen LogP contribution in [-0.2, 0) is 0 Å². The monoisotopic (exact) mass is 203 g/mol. The number of carbonyl (C=O) groups is 1. The number of ketones is 1. The number of hydrogen-bond donors (Lipinski definition) is 1. The first-order chi connectivity index (χ1) is 5.65. The van der Waals surface area contributed by atoms with Crippen molar-refractivity contribution in [3.8, 4) is 0 Å². The summed E-state index contributed by atoms with van der Waals surface area (Å²) in [5, 5.41) is 0. The third kappa shape index (κ3) is 2.79. The van der Waals surface area contributed by atoms with Gasteiger partial charge >= 0.3 is 0 Å². The van der Waals surface area contributed by atoms with Crippen LogP contribution in [0.4, 0.5) is 4.39 Å². The third-order valence-electron chi connectivity index (χ3n) is 1.68. The van der Waals surface area contributed by atoms with Crippen molar-refractivity contribution in [2.75, 3.05) is 6.54 Å². The van der Waals surface area contributed by atoms with Crippen LogP contribution in [0.3, 0.4) is 0 Å². The highest BCUT2D eigenvalue weighted by molar-refractivity contribution is 5.97. The fourth-order valence-electron chi connectivity index (χ4n) is 0.884. The van der Waals surface area contributed by atoms with Crippen molar-refractivity contribution in [2.24, 2.45) is 5.73 Å². The van der Waals surface area contributed by atoms with Crippen LogP contribution in [0.15, 0.2) is 18.2 Å². The van der Waals surface area contributed by atoms with Gasteiger partial charge in [0.15, 0.2) is 5.78 Å². The first-order valence-corrected chi connectivity index (χ1v) is 3.64. The van der Waals surface area contributed by atoms with Gasteiger partial charge in [0.1, 0.15) is 5.82 Å². The molecule has 2 N–H and O–H groups in total. The van der Waals surface area contributed by atoms with E-state index in [2.05, 4.69) is 0 Å². The van der Waals surface area contributed by atoms with Crippen molar-refractivity contribution in [1.82, 2.24) is 0 Å². The number of benzene rings is 1. The predicted octanol–water partition coefficient (Wildman–Crippen LogP) is 1.70. The first kappa shape index (κ1) is 12.1. The van der Waals surface area contributed by atoms with Gasteiger partial charge in [0.25, 0.3) is 0 Å². The maximum atomic E-state index is 12.9. The number of rotatable bonds is 2. The van der Waals surface area contributed by atoms with Crippen LogP contribution >= 0.6 is 12.4 Å². The minimum Gasteiger partial charge on any atom is -0.324 e. The van der Waals surface area contributed by atoms with Crippen LogP contribution in [0, 0.1) is 12.7 Å². The van der Waals surface area contributed by atoms with Crippen LogP contribution in [0.5, 0.6) is 0 Å². The van der Waals surface area contributed by atoms with E-state index < -0.39 is 0 Å². The molecule has 0 heterocycles. The topological polar surface area (TPSA) is 43.1 Å². The molecule has 0 aromatic heterocycles. The molecular weight excluding hydrogens is 193 g/mol. The largest absolute Gasteiger partial charge is 0.324 e. The number of carbonyl (C=O) groups excluding carboxylic acids is 1. The SMILES string of the molecule is Cc1ccc(C(=O)CN)cc1F.Cl. The second kappa shape index (κ2) is 4.94. The molecule has 0 amide bonds. The molecule has 0 aliphatic rings. The molecule has 1 aromatic rings. The van der Waals surface area contributed by atoms with Gasteiger partial charge in [-0.1, -0.05) is 12.1 Å². The number of aryl methyl sites for hydroxylation is 1. The number of Topliss-reactive ketones (excluding diaryl/α,β-unsaturated/α-hetero) is 1. The molecule has 0 fully saturated rings. The molecule has 0 spiro atoms. The lowest BCUT2D eigenvalue weighted by molar-refractivity contribution is 0.100. The molecule has 0 atom stereocenters. The number of halogens is 2. The molecule has 0 bridgehead atoms. The van der Waals surface area contributed by atoms with E-state index in [0.717, 1.165) is 0 Å². The van der Waals surface area contributed by atoms with Crippen molar-refractivity contribution < 1.29 is 9.18 Å². The summed E-state index contributed by atoms with van der Waals surface area (Å²) in [4.78, 5) is 11.0. The lowest BCUT2D eigenvalue weighted by Gasteiger charge is -1.99. The average molecular weight is 204 g/mol. The summed E-state index contributed by atoms with van der Waals surface area (Å²) >= 11 is 0. The summed E-state index contributed by atoms with van der Waals surface area (Å²) in [6.07, 6.45) is 0. The van der Waals surface area contributed by atoms with Crippen molar-refractivity contribution in [2.45, 2.75) is 6.92 Å². The normalized spacial score (nSPS) is 9.15. The average Bonchev–Trinajstić information content (AvgIpc) is 2.08. The van der Waals surface area contributed by atoms with Gasteiger partial charge in [0.2, 0.25) is 0 Å². The van der Waals surface area contributed by atoms with Gasteiger partial charge in [-0.3, -0.25) is 4.79 Å². The fraction of sp³-hybridized carbons (Fsp3) is 0.222. The van der Waals surface area contributed by atoms with Crippen LogP contribution < -0.4 is 5.73 Å². The number of hydrogen-bond acceptors (Lipinski definition) is 2. The molecule has 1 rings (SSSR count). The Morgan fingerprint density at radius 1 is 1.54 bits per heavy atom. The molecule has 1 aromatic carbocycles. The third-order valence-corrected chi connectivity index (χ3v) is 1.68. The smallest absolute Gasteiger partial charge is 0.176 e. The fourth-order valence-corrected chi connectivity index (χ4v) is 0.884. The minimum atomic E-state index is -0.366. The van der Waals surface area contributed by atoms with Crippen LogP contribution in [-0.4, -0.2) is 12.3 Å². The van der Waals surface area contributed by atoms with E-state index in [1.165, 1.54) is 6.07 Å². The van der Waals surface area contributed by atoms with E-state index in [9.17, 15) is 9.18 Å². The Hall–Kier alpha value is -0.930. The highest BCUT2D eigenvalue weighted by Crippen LogP contribution is 2.09. The van der Waals surface area contributed by atoms with Crippen LogP contribution in [0.25, 0.3) is 0 Å². The Kier molecular flexibility index (Phi) is 4.59. The van der Waals surface area contributed by atoms with Gasteiger partial charge in [0, 0.05) is 5.56 Å². The van der Waals surface area contributed by atoms with Crippen molar-refractivity contribution >= 4 is 18.2 Å². The van der Waals surface area contributed by atoms with E-state index in [-0.39, 0.29) is 30.6 Å². The minimum absolute atomic E-state index is 0. The molecule has 0 aliphatic heterocycles. The van der Waals surface area contributed by atoms with Gasteiger partial charge in [-0.05, 0) is 18.6 Å². The van der Waals surface area contributed by atoms with E-state index in [1.54, 1.807) is 19.1 Å². The maximum Gasteiger partial charge on any atom is 0.176 e. The molecule has 2 nitrogen and oxygen atoms in total. The quantitative estimate of drug-likeness (QED) is 0.744. The Balaban J connectivity index is 0.00000144. The molecule has 0 saturated carbocycles. The van der Waals surface area contributed by atoms with E-state index >= 15 is 0 Å². The Labute approximate surface area is 82.3 Å². The lowest BCUT2D eigenvalue weighted by Crippen LogP contribution is -2.13. The van der Waals surface area contributed by atoms with Crippen molar-refractivity contribution in [3.63, 3.8) is 0 Å². The van der Waals surface area contributed by atoms with Crippen molar-refractivity contribution in [1.29, 1.82) is 0 Å². The zero-order valence-corrected chi connectivity index (χ0v) is 8.03. The lowest BCUT2D eigenvalue weighted by atomic mass is 10.1. The summed E-state index contributed by atoms with van der Waals surface area (Å²) in [7, 11) is 0. The molecule has 0 radical (unpaired) electrons. The first-order valence-electron chi connectivity index (χ1n) is 3.64. The van der Waals surface area contributed by atoms with Gasteiger partial charge in [-0.15, -0.1) is 12.4 Å². The molecule has 0 aliphatic carbocycles. The molecule has 0 unspecified atom stereocenters. The molecule has 0 saturated heterocycles. The van der Waals surface area contributed by atoms with Crippen LogP contribution in [0.2, 0.25) is 0 Å². The van der Waals surface area contributed by atoms with E-state index in [1.807, 2.05) is 0 Å². The van der Waals surface area contributed by atoms with E-state index in [0.29, 0.717) is 11.1 Å². The summed E-state index contributed by atoms with van der Waals surface area (Å²) in [6, 6.07) is 4.36. The molecule has 4 heteroatoms. The van der Waals surface area contributed by atoms with E-state index in [4.69, 9.17) is 5.73 Å². The zero-order valence-electron chi connectivity index (χ0n) is 7.21. The van der Waals surface area contributed by atoms with Gasteiger partial charge in [-0.25, -0.2) is 4.39 Å². The molecule has 72 valence electrons. The zero-order chi connectivity index (χ0) is 9.14. The highest BCUT2D eigenvalue weighted by atomic mass is 35.5. The van der Waals surface area contributed by atoms with Gasteiger partial charge in [0.05, 0.1) is 6.54 Å². The molecule has 13 heavy (non-hydrogen) atoms. The van der Waals surface area contributed by atoms with Gasteiger partial charge < -0.3 is 5.73 Å². The second-order valence-corrected chi connectivity index (χ2v) is 2.59. The molecular formula is C9H11ClFNO. The highest BCUT2D eigenvalue weighted by Gasteiger charge is 2.05. The summed E-state index contributed by atoms with van der Waals surface area (Å²) in [6.45, 7) is 1.56. The standard InChI is InChI=1S/C9H10FNO.ClH/c1-6-2-3-7(4-8(6)10)9(12)5-11;/h2-4H,5,11H2,1H3;1H. The van der Waals surface area contributed by atoms with Crippen molar-refractivity contribution in [3.05, 3.63) is 35.1 Å². The van der Waals surface area contributed by atoms with Crippen LogP contribution in [0.1, 0.15) is 15.9 Å². The Bertz CT molecular complexity index is 314.